The smallest absolute Gasteiger partial charge is 0.211 e. The van der Waals surface area contributed by atoms with Crippen LogP contribution in [-0.2, 0) is 10.0 Å². The van der Waals surface area contributed by atoms with E-state index in [9.17, 15) is 8.42 Å². The number of piperazine rings is 1. The van der Waals surface area contributed by atoms with Gasteiger partial charge in [-0.1, -0.05) is 6.07 Å². The second-order valence-corrected chi connectivity index (χ2v) is 6.90. The van der Waals surface area contributed by atoms with Crippen molar-refractivity contribution in [2.75, 3.05) is 37.3 Å². The highest BCUT2D eigenvalue weighted by molar-refractivity contribution is 7.88. The van der Waals surface area contributed by atoms with Gasteiger partial charge in [0, 0.05) is 49.6 Å². The van der Waals surface area contributed by atoms with E-state index in [2.05, 4.69) is 28.1 Å². The topological polar surface area (TPSA) is 56.4 Å². The van der Waals surface area contributed by atoms with Gasteiger partial charge < -0.3 is 9.88 Å². The van der Waals surface area contributed by atoms with E-state index in [1.807, 2.05) is 12.4 Å². The van der Waals surface area contributed by atoms with E-state index in [-0.39, 0.29) is 0 Å². The van der Waals surface area contributed by atoms with Gasteiger partial charge in [0.1, 0.15) is 0 Å². The van der Waals surface area contributed by atoms with Crippen molar-refractivity contribution in [1.29, 1.82) is 0 Å². The molecule has 0 aliphatic carbocycles. The largest absolute Gasteiger partial charge is 0.369 e. The molecule has 0 spiro atoms. The number of fused-ring (bicyclic) bond motifs is 1. The SMILES string of the molecule is CS(=O)(=O)N1CCN(c2ccc3c[nH]cc3c2)CC1. The molecule has 0 unspecified atom stereocenters. The number of sulfonamides is 1. The molecule has 1 N–H and O–H groups in total. The molecular formula is C13H17N3O2S. The number of nitrogens with one attached hydrogen (secondary N) is 1. The Kier molecular flexibility index (Phi) is 2.99. The van der Waals surface area contributed by atoms with Gasteiger partial charge in [0.15, 0.2) is 0 Å². The van der Waals surface area contributed by atoms with Gasteiger partial charge in [0.25, 0.3) is 0 Å². The summed E-state index contributed by atoms with van der Waals surface area (Å²) in [5, 5.41) is 2.38. The zero-order chi connectivity index (χ0) is 13.5. The van der Waals surface area contributed by atoms with Crippen molar-refractivity contribution in [2.24, 2.45) is 0 Å². The van der Waals surface area contributed by atoms with E-state index >= 15 is 0 Å². The first kappa shape index (κ1) is 12.5. The van der Waals surface area contributed by atoms with Crippen LogP contribution in [0.2, 0.25) is 0 Å². The van der Waals surface area contributed by atoms with Gasteiger partial charge in [-0.25, -0.2) is 8.42 Å². The Bertz CT molecular complexity index is 685. The first-order chi connectivity index (χ1) is 9.04. The molecule has 102 valence electrons. The molecule has 0 bridgehead atoms. The quantitative estimate of drug-likeness (QED) is 0.900. The van der Waals surface area contributed by atoms with E-state index < -0.39 is 10.0 Å². The molecule has 2 aromatic rings. The van der Waals surface area contributed by atoms with Gasteiger partial charge in [0.2, 0.25) is 10.0 Å². The molecule has 2 heterocycles. The van der Waals surface area contributed by atoms with Crippen LogP contribution in [0.25, 0.3) is 10.8 Å². The summed E-state index contributed by atoms with van der Waals surface area (Å²) in [5.41, 5.74) is 1.15. The van der Waals surface area contributed by atoms with Crippen LogP contribution < -0.4 is 4.90 Å². The second kappa shape index (κ2) is 4.54. The fraction of sp³-hybridized carbons (Fsp3) is 0.385. The van der Waals surface area contributed by atoms with Crippen LogP contribution >= 0.6 is 0 Å². The van der Waals surface area contributed by atoms with Crippen LogP contribution in [-0.4, -0.2) is 50.1 Å². The maximum absolute atomic E-state index is 11.5. The summed E-state index contributed by atoms with van der Waals surface area (Å²) in [6.45, 7) is 2.60. The molecule has 1 aromatic carbocycles. The molecular weight excluding hydrogens is 262 g/mol. The summed E-state index contributed by atoms with van der Waals surface area (Å²) in [7, 11) is -3.06. The molecule has 0 amide bonds. The molecule has 1 aliphatic heterocycles. The van der Waals surface area contributed by atoms with Gasteiger partial charge in [0.05, 0.1) is 6.26 Å². The van der Waals surface area contributed by atoms with Crippen molar-refractivity contribution in [1.82, 2.24) is 9.29 Å². The third kappa shape index (κ3) is 2.46. The lowest BCUT2D eigenvalue weighted by molar-refractivity contribution is 0.388. The van der Waals surface area contributed by atoms with Gasteiger partial charge >= 0.3 is 0 Å². The Labute approximate surface area is 112 Å². The van der Waals surface area contributed by atoms with Crippen LogP contribution in [0.3, 0.4) is 0 Å². The van der Waals surface area contributed by atoms with Crippen molar-refractivity contribution in [3.05, 3.63) is 30.6 Å². The minimum atomic E-state index is -3.06. The molecule has 1 aromatic heterocycles. The highest BCUT2D eigenvalue weighted by Gasteiger charge is 2.23. The number of aromatic nitrogens is 1. The lowest BCUT2D eigenvalue weighted by atomic mass is 10.2. The average Bonchev–Trinajstić information content (AvgIpc) is 2.85. The number of hydrogen-bond acceptors (Lipinski definition) is 3. The number of H-pyrrole nitrogens is 1. The Balaban J connectivity index is 1.77. The number of anilines is 1. The number of hydrogen-bond donors (Lipinski definition) is 1. The van der Waals surface area contributed by atoms with E-state index in [1.165, 1.54) is 17.0 Å². The summed E-state index contributed by atoms with van der Waals surface area (Å²) in [6, 6.07) is 6.32. The van der Waals surface area contributed by atoms with Gasteiger partial charge in [-0.05, 0) is 17.5 Å². The molecule has 1 aliphatic rings. The Morgan fingerprint density at radius 2 is 1.74 bits per heavy atom. The van der Waals surface area contributed by atoms with Crippen molar-refractivity contribution in [2.45, 2.75) is 0 Å². The molecule has 0 atom stereocenters. The average molecular weight is 279 g/mol. The van der Waals surface area contributed by atoms with Crippen LogP contribution in [0.4, 0.5) is 5.69 Å². The third-order valence-electron chi connectivity index (χ3n) is 3.62. The van der Waals surface area contributed by atoms with Crippen LogP contribution in [0.5, 0.6) is 0 Å². The Hall–Kier alpha value is -1.53. The van der Waals surface area contributed by atoms with Crippen molar-refractivity contribution in [3.63, 3.8) is 0 Å². The number of rotatable bonds is 2. The molecule has 0 radical (unpaired) electrons. The molecule has 6 heteroatoms. The summed E-state index contributed by atoms with van der Waals surface area (Å²) >= 11 is 0. The lowest BCUT2D eigenvalue weighted by Crippen LogP contribution is -2.48. The minimum Gasteiger partial charge on any atom is -0.369 e. The molecule has 1 fully saturated rings. The van der Waals surface area contributed by atoms with Crippen LogP contribution in [0.15, 0.2) is 30.6 Å². The third-order valence-corrected chi connectivity index (χ3v) is 4.92. The monoisotopic (exact) mass is 279 g/mol. The van der Waals surface area contributed by atoms with Crippen molar-refractivity contribution in [3.8, 4) is 0 Å². The van der Waals surface area contributed by atoms with E-state index in [4.69, 9.17) is 0 Å². The van der Waals surface area contributed by atoms with E-state index in [1.54, 1.807) is 4.31 Å². The Morgan fingerprint density at radius 3 is 2.42 bits per heavy atom. The predicted octanol–water partition coefficient (Wildman–Crippen LogP) is 1.25. The highest BCUT2D eigenvalue weighted by atomic mass is 32.2. The van der Waals surface area contributed by atoms with Gasteiger partial charge in [-0.3, -0.25) is 0 Å². The van der Waals surface area contributed by atoms with Crippen LogP contribution in [0.1, 0.15) is 0 Å². The van der Waals surface area contributed by atoms with E-state index in [0.717, 1.165) is 18.8 Å². The molecule has 19 heavy (non-hydrogen) atoms. The van der Waals surface area contributed by atoms with Gasteiger partial charge in [-0.15, -0.1) is 0 Å². The number of nitrogens with zero attached hydrogens (tertiary/aromatic N) is 2. The second-order valence-electron chi connectivity index (χ2n) is 4.92. The maximum atomic E-state index is 11.5. The highest BCUT2D eigenvalue weighted by Crippen LogP contribution is 2.23. The number of aromatic amines is 1. The fourth-order valence-electron chi connectivity index (χ4n) is 2.51. The standard InChI is InChI=1S/C13H17N3O2S/c1-19(17,18)16-6-4-15(5-7-16)13-3-2-11-9-14-10-12(11)8-13/h2-3,8-10,14H,4-7H2,1H3. The number of benzene rings is 1. The molecule has 0 saturated carbocycles. The maximum Gasteiger partial charge on any atom is 0.211 e. The zero-order valence-electron chi connectivity index (χ0n) is 10.8. The Morgan fingerprint density at radius 1 is 1.05 bits per heavy atom. The van der Waals surface area contributed by atoms with Crippen LogP contribution in [0, 0.1) is 0 Å². The summed E-state index contributed by atoms with van der Waals surface area (Å²) in [4.78, 5) is 5.32. The van der Waals surface area contributed by atoms with E-state index in [0.29, 0.717) is 13.1 Å². The first-order valence-electron chi connectivity index (χ1n) is 6.31. The molecule has 5 nitrogen and oxygen atoms in total. The predicted molar refractivity (Wildman–Crippen MR) is 76.9 cm³/mol. The minimum absolute atomic E-state index is 0.560. The zero-order valence-corrected chi connectivity index (χ0v) is 11.7. The van der Waals surface area contributed by atoms with Crippen molar-refractivity contribution < 1.29 is 8.42 Å². The summed E-state index contributed by atoms with van der Waals surface area (Å²) in [5.74, 6) is 0. The normalized spacial score (nSPS) is 18.1. The first-order valence-corrected chi connectivity index (χ1v) is 8.15. The van der Waals surface area contributed by atoms with Crippen molar-refractivity contribution >= 4 is 26.5 Å². The fourth-order valence-corrected chi connectivity index (χ4v) is 3.34. The van der Waals surface area contributed by atoms with Gasteiger partial charge in [-0.2, -0.15) is 4.31 Å². The molecule has 3 rings (SSSR count). The lowest BCUT2D eigenvalue weighted by Gasteiger charge is -2.34. The molecule has 1 saturated heterocycles. The summed E-state index contributed by atoms with van der Waals surface area (Å²) in [6.07, 6.45) is 5.22. The summed E-state index contributed by atoms with van der Waals surface area (Å²) < 4.78 is 24.5.